The number of thioether (sulfide) groups is 1. The predicted octanol–water partition coefficient (Wildman–Crippen LogP) is 5.04. The van der Waals surface area contributed by atoms with Crippen LogP contribution in [-0.2, 0) is 4.74 Å². The van der Waals surface area contributed by atoms with Crippen LogP contribution in [0.5, 0.6) is 0 Å². The van der Waals surface area contributed by atoms with Crippen molar-refractivity contribution in [2.45, 2.75) is 84.2 Å². The number of ether oxygens (including phenoxy) is 1. The van der Waals surface area contributed by atoms with Crippen LogP contribution in [0.25, 0.3) is 0 Å². The van der Waals surface area contributed by atoms with Gasteiger partial charge < -0.3 is 9.84 Å². The SMILES string of the molecule is CCCCCCCCOCC(O)CSCCCCCC. The van der Waals surface area contributed by atoms with Gasteiger partial charge in [-0.15, -0.1) is 0 Å². The third kappa shape index (κ3) is 16.3. The van der Waals surface area contributed by atoms with Crippen molar-refractivity contribution in [3.8, 4) is 0 Å². The molecule has 1 atom stereocenters. The molecule has 1 N–H and O–H groups in total. The van der Waals surface area contributed by atoms with Gasteiger partial charge in [-0.2, -0.15) is 11.8 Å². The van der Waals surface area contributed by atoms with Crippen molar-refractivity contribution < 1.29 is 9.84 Å². The molecule has 0 aromatic heterocycles. The van der Waals surface area contributed by atoms with Crippen molar-refractivity contribution >= 4 is 11.8 Å². The second kappa shape index (κ2) is 17.3. The van der Waals surface area contributed by atoms with Crippen molar-refractivity contribution in [3.63, 3.8) is 0 Å². The van der Waals surface area contributed by atoms with E-state index >= 15 is 0 Å². The number of aliphatic hydroxyl groups excluding tert-OH is 1. The largest absolute Gasteiger partial charge is 0.390 e. The minimum absolute atomic E-state index is 0.286. The summed E-state index contributed by atoms with van der Waals surface area (Å²) in [5.41, 5.74) is 0. The summed E-state index contributed by atoms with van der Waals surface area (Å²) < 4.78 is 5.53. The molecule has 3 heteroatoms. The van der Waals surface area contributed by atoms with Gasteiger partial charge in [0.05, 0.1) is 12.7 Å². The van der Waals surface area contributed by atoms with Gasteiger partial charge in [0.15, 0.2) is 0 Å². The van der Waals surface area contributed by atoms with Gasteiger partial charge in [0, 0.05) is 12.4 Å². The molecular formula is C17H36O2S. The molecule has 0 aliphatic heterocycles. The normalized spacial score (nSPS) is 12.8. The Balaban J connectivity index is 3.10. The summed E-state index contributed by atoms with van der Waals surface area (Å²) in [7, 11) is 0. The van der Waals surface area contributed by atoms with Crippen LogP contribution in [0.4, 0.5) is 0 Å². The molecule has 0 amide bonds. The third-order valence-corrected chi connectivity index (χ3v) is 4.60. The van der Waals surface area contributed by atoms with E-state index in [0.29, 0.717) is 6.61 Å². The molecule has 122 valence electrons. The number of hydrogen-bond donors (Lipinski definition) is 1. The van der Waals surface area contributed by atoms with E-state index in [1.807, 2.05) is 11.8 Å². The fourth-order valence-corrected chi connectivity index (χ4v) is 3.05. The second-order valence-electron chi connectivity index (χ2n) is 5.63. The minimum atomic E-state index is -0.286. The van der Waals surface area contributed by atoms with E-state index in [1.54, 1.807) is 0 Å². The van der Waals surface area contributed by atoms with Gasteiger partial charge in [0.2, 0.25) is 0 Å². The van der Waals surface area contributed by atoms with E-state index < -0.39 is 0 Å². The van der Waals surface area contributed by atoms with Gasteiger partial charge in [-0.1, -0.05) is 65.2 Å². The molecular weight excluding hydrogens is 268 g/mol. The number of unbranched alkanes of at least 4 members (excludes halogenated alkanes) is 8. The monoisotopic (exact) mass is 304 g/mol. The maximum atomic E-state index is 9.78. The first-order chi connectivity index (χ1) is 9.81. The molecule has 20 heavy (non-hydrogen) atoms. The molecule has 0 radical (unpaired) electrons. The molecule has 0 saturated heterocycles. The molecule has 0 bridgehead atoms. The lowest BCUT2D eigenvalue weighted by atomic mass is 10.1. The summed E-state index contributed by atoms with van der Waals surface area (Å²) in [5.74, 6) is 2.00. The van der Waals surface area contributed by atoms with Crippen LogP contribution in [0, 0.1) is 0 Å². The quantitative estimate of drug-likeness (QED) is 0.405. The Bertz CT molecular complexity index is 176. The van der Waals surface area contributed by atoms with Gasteiger partial charge in [-0.25, -0.2) is 0 Å². The van der Waals surface area contributed by atoms with Crippen molar-refractivity contribution in [2.75, 3.05) is 24.7 Å². The summed E-state index contributed by atoms with van der Waals surface area (Å²) in [4.78, 5) is 0. The average Bonchev–Trinajstić information content (AvgIpc) is 2.45. The smallest absolute Gasteiger partial charge is 0.0863 e. The Morgan fingerprint density at radius 3 is 2.15 bits per heavy atom. The lowest BCUT2D eigenvalue weighted by molar-refractivity contribution is 0.0468. The standard InChI is InChI=1S/C17H36O2S/c1-3-5-7-9-10-11-13-19-15-17(18)16-20-14-12-8-6-4-2/h17-18H,3-16H2,1-2H3. The molecule has 0 spiro atoms. The number of hydrogen-bond acceptors (Lipinski definition) is 3. The van der Waals surface area contributed by atoms with Gasteiger partial charge in [0.25, 0.3) is 0 Å². The fraction of sp³-hybridized carbons (Fsp3) is 1.00. The van der Waals surface area contributed by atoms with Crippen LogP contribution in [0.15, 0.2) is 0 Å². The molecule has 0 aromatic rings. The van der Waals surface area contributed by atoms with Crippen LogP contribution in [0.1, 0.15) is 78.1 Å². The van der Waals surface area contributed by atoms with Crippen molar-refractivity contribution in [1.82, 2.24) is 0 Å². The molecule has 0 aromatic carbocycles. The van der Waals surface area contributed by atoms with Crippen LogP contribution < -0.4 is 0 Å². The fourth-order valence-electron chi connectivity index (χ4n) is 2.10. The molecule has 0 saturated carbocycles. The zero-order valence-electron chi connectivity index (χ0n) is 13.7. The van der Waals surface area contributed by atoms with Crippen molar-refractivity contribution in [2.24, 2.45) is 0 Å². The maximum absolute atomic E-state index is 9.78. The highest BCUT2D eigenvalue weighted by atomic mass is 32.2. The lowest BCUT2D eigenvalue weighted by Crippen LogP contribution is -2.18. The lowest BCUT2D eigenvalue weighted by Gasteiger charge is -2.11. The topological polar surface area (TPSA) is 29.5 Å². The zero-order valence-corrected chi connectivity index (χ0v) is 14.6. The number of rotatable bonds is 16. The van der Waals surface area contributed by atoms with Gasteiger partial charge in [-0.05, 0) is 18.6 Å². The highest BCUT2D eigenvalue weighted by molar-refractivity contribution is 7.99. The minimum Gasteiger partial charge on any atom is -0.390 e. The molecule has 0 aliphatic carbocycles. The van der Waals surface area contributed by atoms with E-state index in [1.165, 1.54) is 63.5 Å². The first-order valence-corrected chi connectivity index (χ1v) is 9.80. The van der Waals surface area contributed by atoms with E-state index in [0.717, 1.165) is 18.8 Å². The Hall–Kier alpha value is 0.270. The first-order valence-electron chi connectivity index (χ1n) is 8.64. The Morgan fingerprint density at radius 2 is 1.45 bits per heavy atom. The van der Waals surface area contributed by atoms with Gasteiger partial charge >= 0.3 is 0 Å². The van der Waals surface area contributed by atoms with E-state index in [2.05, 4.69) is 13.8 Å². The van der Waals surface area contributed by atoms with Gasteiger partial charge in [0.1, 0.15) is 0 Å². The molecule has 1 unspecified atom stereocenters. The van der Waals surface area contributed by atoms with Crippen molar-refractivity contribution in [3.05, 3.63) is 0 Å². The summed E-state index contributed by atoms with van der Waals surface area (Å²) >= 11 is 1.86. The third-order valence-electron chi connectivity index (χ3n) is 3.40. The first kappa shape index (κ1) is 20.3. The van der Waals surface area contributed by atoms with Crippen LogP contribution in [0.3, 0.4) is 0 Å². The predicted molar refractivity (Wildman–Crippen MR) is 91.7 cm³/mol. The highest BCUT2D eigenvalue weighted by Crippen LogP contribution is 2.09. The van der Waals surface area contributed by atoms with Crippen LogP contribution in [0.2, 0.25) is 0 Å². The molecule has 0 aliphatic rings. The molecule has 0 rings (SSSR count). The van der Waals surface area contributed by atoms with E-state index in [9.17, 15) is 5.11 Å². The number of aliphatic hydroxyl groups is 1. The van der Waals surface area contributed by atoms with Crippen LogP contribution in [-0.4, -0.2) is 35.9 Å². The summed E-state index contributed by atoms with van der Waals surface area (Å²) in [6.07, 6.45) is 12.7. The van der Waals surface area contributed by atoms with Crippen LogP contribution >= 0.6 is 11.8 Å². The Labute approximate surface area is 131 Å². The second-order valence-corrected chi connectivity index (χ2v) is 6.78. The average molecular weight is 305 g/mol. The Kier molecular flexibility index (Phi) is 17.6. The summed E-state index contributed by atoms with van der Waals surface area (Å²) in [6.45, 7) is 5.80. The molecule has 2 nitrogen and oxygen atoms in total. The highest BCUT2D eigenvalue weighted by Gasteiger charge is 2.04. The van der Waals surface area contributed by atoms with E-state index in [-0.39, 0.29) is 6.10 Å². The maximum Gasteiger partial charge on any atom is 0.0863 e. The van der Waals surface area contributed by atoms with Gasteiger partial charge in [-0.3, -0.25) is 0 Å². The van der Waals surface area contributed by atoms with E-state index in [4.69, 9.17) is 4.74 Å². The zero-order chi connectivity index (χ0) is 14.9. The Morgan fingerprint density at radius 1 is 0.850 bits per heavy atom. The van der Waals surface area contributed by atoms with Crippen molar-refractivity contribution in [1.29, 1.82) is 0 Å². The molecule has 0 heterocycles. The summed E-state index contributed by atoms with van der Waals surface area (Å²) in [5, 5.41) is 9.78. The summed E-state index contributed by atoms with van der Waals surface area (Å²) in [6, 6.07) is 0. The molecule has 0 fully saturated rings.